The van der Waals surface area contributed by atoms with Crippen LogP contribution >= 0.6 is 0 Å². The highest BCUT2D eigenvalue weighted by atomic mass is 16.5. The zero-order valence-corrected chi connectivity index (χ0v) is 12.0. The molecular formula is C17H26O2. The van der Waals surface area contributed by atoms with Gasteiger partial charge in [-0.05, 0) is 37.0 Å². The molecule has 1 aromatic carbocycles. The molecular weight excluding hydrogens is 236 g/mol. The maximum Gasteiger partial charge on any atom is 0.119 e. The van der Waals surface area contributed by atoms with E-state index < -0.39 is 5.60 Å². The third-order valence-electron chi connectivity index (χ3n) is 3.98. The number of hydrogen-bond acceptors (Lipinski definition) is 2. The van der Waals surface area contributed by atoms with Crippen molar-refractivity contribution in [3.8, 4) is 5.75 Å². The number of hydrogen-bond donors (Lipinski definition) is 1. The van der Waals surface area contributed by atoms with Crippen molar-refractivity contribution in [2.75, 3.05) is 6.61 Å². The fourth-order valence-electron chi connectivity index (χ4n) is 2.83. The van der Waals surface area contributed by atoms with Gasteiger partial charge < -0.3 is 9.84 Å². The lowest BCUT2D eigenvalue weighted by atomic mass is 9.96. The molecule has 2 nitrogen and oxygen atoms in total. The zero-order chi connectivity index (χ0) is 13.6. The van der Waals surface area contributed by atoms with E-state index in [4.69, 9.17) is 4.74 Å². The summed E-state index contributed by atoms with van der Waals surface area (Å²) in [6, 6.07) is 8.26. The summed E-state index contributed by atoms with van der Waals surface area (Å²) < 4.78 is 5.84. The Morgan fingerprint density at radius 2 is 1.89 bits per heavy atom. The lowest BCUT2D eigenvalue weighted by molar-refractivity contribution is -0.0173. The maximum atomic E-state index is 10.6. The van der Waals surface area contributed by atoms with Crippen LogP contribution in [0.5, 0.6) is 5.75 Å². The van der Waals surface area contributed by atoms with E-state index in [-0.39, 0.29) is 0 Å². The molecule has 0 heterocycles. The third-order valence-corrected chi connectivity index (χ3v) is 3.98. The van der Waals surface area contributed by atoms with E-state index in [0.29, 0.717) is 6.61 Å². The first-order chi connectivity index (χ1) is 9.22. The lowest BCUT2D eigenvalue weighted by Gasteiger charge is -2.26. The van der Waals surface area contributed by atoms with Crippen molar-refractivity contribution in [2.24, 2.45) is 0 Å². The van der Waals surface area contributed by atoms with E-state index in [2.05, 4.69) is 19.1 Å². The van der Waals surface area contributed by atoms with Crippen LogP contribution in [0.1, 0.15) is 57.4 Å². The molecule has 0 atom stereocenters. The predicted molar refractivity (Wildman–Crippen MR) is 78.6 cm³/mol. The van der Waals surface area contributed by atoms with Crippen LogP contribution in [0.25, 0.3) is 0 Å². The SMILES string of the molecule is CCCc1cccc(OCC2(O)CCCCCC2)c1. The van der Waals surface area contributed by atoms with Crippen molar-refractivity contribution in [3.05, 3.63) is 29.8 Å². The second kappa shape index (κ2) is 6.95. The van der Waals surface area contributed by atoms with Crippen molar-refractivity contribution < 1.29 is 9.84 Å². The molecule has 0 aliphatic heterocycles. The molecule has 0 saturated heterocycles. The molecule has 106 valence electrons. The summed E-state index contributed by atoms with van der Waals surface area (Å²) in [7, 11) is 0. The van der Waals surface area contributed by atoms with E-state index in [1.165, 1.54) is 18.4 Å². The van der Waals surface area contributed by atoms with Crippen molar-refractivity contribution in [1.82, 2.24) is 0 Å². The summed E-state index contributed by atoms with van der Waals surface area (Å²) in [6.07, 6.45) is 8.71. The number of rotatable bonds is 5. The minimum Gasteiger partial charge on any atom is -0.491 e. The fraction of sp³-hybridized carbons (Fsp3) is 0.647. The molecule has 1 aromatic rings. The smallest absolute Gasteiger partial charge is 0.119 e. The standard InChI is InChI=1S/C17H26O2/c1-2-8-15-9-7-10-16(13-15)19-14-17(18)11-5-3-4-6-12-17/h7,9-10,13,18H,2-6,8,11-12,14H2,1H3. The number of aryl methyl sites for hydroxylation is 1. The normalized spacial score (nSPS) is 18.8. The summed E-state index contributed by atoms with van der Waals surface area (Å²) in [6.45, 7) is 2.62. The maximum absolute atomic E-state index is 10.6. The van der Waals surface area contributed by atoms with E-state index in [1.54, 1.807) is 0 Å². The first-order valence-electron chi connectivity index (χ1n) is 7.66. The monoisotopic (exact) mass is 262 g/mol. The van der Waals surface area contributed by atoms with Crippen LogP contribution < -0.4 is 4.74 Å². The quantitative estimate of drug-likeness (QED) is 0.809. The summed E-state index contributed by atoms with van der Waals surface area (Å²) >= 11 is 0. The van der Waals surface area contributed by atoms with Gasteiger partial charge in [-0.1, -0.05) is 51.2 Å². The number of ether oxygens (including phenoxy) is 1. The topological polar surface area (TPSA) is 29.5 Å². The molecule has 0 spiro atoms. The first-order valence-corrected chi connectivity index (χ1v) is 7.66. The van der Waals surface area contributed by atoms with Gasteiger partial charge in [-0.2, -0.15) is 0 Å². The summed E-state index contributed by atoms with van der Waals surface area (Å²) in [5.74, 6) is 0.892. The first kappa shape index (κ1) is 14.4. The summed E-state index contributed by atoms with van der Waals surface area (Å²) in [5, 5.41) is 10.6. The summed E-state index contributed by atoms with van der Waals surface area (Å²) in [5.41, 5.74) is 0.699. The molecule has 0 amide bonds. The molecule has 2 heteroatoms. The molecule has 0 radical (unpaired) electrons. The Hall–Kier alpha value is -1.02. The molecule has 2 rings (SSSR count). The Bertz CT molecular complexity index is 379. The van der Waals surface area contributed by atoms with Gasteiger partial charge in [0.05, 0.1) is 5.60 Å². The second-order valence-electron chi connectivity index (χ2n) is 5.82. The highest BCUT2D eigenvalue weighted by molar-refractivity contribution is 5.28. The van der Waals surface area contributed by atoms with Gasteiger partial charge in [-0.25, -0.2) is 0 Å². The molecule has 1 N–H and O–H groups in total. The largest absolute Gasteiger partial charge is 0.491 e. The molecule has 1 saturated carbocycles. The van der Waals surface area contributed by atoms with Crippen molar-refractivity contribution in [1.29, 1.82) is 0 Å². The number of benzene rings is 1. The van der Waals surface area contributed by atoms with E-state index >= 15 is 0 Å². The zero-order valence-electron chi connectivity index (χ0n) is 12.0. The van der Waals surface area contributed by atoms with Crippen molar-refractivity contribution in [2.45, 2.75) is 63.9 Å². The van der Waals surface area contributed by atoms with Gasteiger partial charge in [-0.3, -0.25) is 0 Å². The molecule has 1 aliphatic carbocycles. The van der Waals surface area contributed by atoms with Gasteiger partial charge in [-0.15, -0.1) is 0 Å². The summed E-state index contributed by atoms with van der Waals surface area (Å²) in [4.78, 5) is 0. The van der Waals surface area contributed by atoms with Gasteiger partial charge in [0.1, 0.15) is 12.4 Å². The Morgan fingerprint density at radius 3 is 2.58 bits per heavy atom. The minimum absolute atomic E-state index is 0.433. The molecule has 1 aliphatic rings. The van der Waals surface area contributed by atoms with Crippen molar-refractivity contribution in [3.63, 3.8) is 0 Å². The van der Waals surface area contributed by atoms with Crippen molar-refractivity contribution >= 4 is 0 Å². The minimum atomic E-state index is -0.614. The van der Waals surface area contributed by atoms with E-state index in [1.807, 2.05) is 12.1 Å². The van der Waals surface area contributed by atoms with E-state index in [9.17, 15) is 5.11 Å². The van der Waals surface area contributed by atoms with Gasteiger partial charge in [0.2, 0.25) is 0 Å². The lowest BCUT2D eigenvalue weighted by Crippen LogP contribution is -2.35. The average molecular weight is 262 g/mol. The third kappa shape index (κ3) is 4.54. The van der Waals surface area contributed by atoms with Crippen LogP contribution in [0, 0.1) is 0 Å². The number of aliphatic hydroxyl groups is 1. The van der Waals surface area contributed by atoms with Gasteiger partial charge in [0.15, 0.2) is 0 Å². The fourth-order valence-corrected chi connectivity index (χ4v) is 2.83. The Kier molecular flexibility index (Phi) is 5.26. The molecule has 1 fully saturated rings. The van der Waals surface area contributed by atoms with Crippen LogP contribution in [0.4, 0.5) is 0 Å². The van der Waals surface area contributed by atoms with Gasteiger partial charge >= 0.3 is 0 Å². The van der Waals surface area contributed by atoms with Crippen LogP contribution in [-0.2, 0) is 6.42 Å². The predicted octanol–water partition coefficient (Wildman–Crippen LogP) is 4.10. The Morgan fingerprint density at radius 1 is 1.16 bits per heavy atom. The van der Waals surface area contributed by atoms with Gasteiger partial charge in [0, 0.05) is 0 Å². The highest BCUT2D eigenvalue weighted by Gasteiger charge is 2.28. The molecule has 0 bridgehead atoms. The van der Waals surface area contributed by atoms with Crippen LogP contribution in [0.3, 0.4) is 0 Å². The van der Waals surface area contributed by atoms with Crippen LogP contribution in [0.15, 0.2) is 24.3 Å². The van der Waals surface area contributed by atoms with E-state index in [0.717, 1.165) is 44.3 Å². The molecule has 0 aromatic heterocycles. The van der Waals surface area contributed by atoms with Crippen LogP contribution in [-0.4, -0.2) is 17.3 Å². The average Bonchev–Trinajstić information content (AvgIpc) is 2.63. The Balaban J connectivity index is 1.91. The highest BCUT2D eigenvalue weighted by Crippen LogP contribution is 2.28. The second-order valence-corrected chi connectivity index (χ2v) is 5.82. The Labute approximate surface area is 116 Å². The molecule has 0 unspecified atom stereocenters. The van der Waals surface area contributed by atoms with Crippen LogP contribution in [0.2, 0.25) is 0 Å². The molecule has 19 heavy (non-hydrogen) atoms. The van der Waals surface area contributed by atoms with Gasteiger partial charge in [0.25, 0.3) is 0 Å².